The summed E-state index contributed by atoms with van der Waals surface area (Å²) in [6.07, 6.45) is 6.34. The van der Waals surface area contributed by atoms with Crippen LogP contribution >= 0.6 is 0 Å². The first-order chi connectivity index (χ1) is 17.7. The normalized spacial score (nSPS) is 17.2. The Hall–Kier alpha value is -4.47. The van der Waals surface area contributed by atoms with Crippen LogP contribution in [0.2, 0.25) is 0 Å². The first kappa shape index (κ1) is 24.2. The van der Waals surface area contributed by atoms with Gasteiger partial charge in [0.15, 0.2) is 0 Å². The van der Waals surface area contributed by atoms with Gasteiger partial charge < -0.3 is 10.6 Å². The Labute approximate surface area is 215 Å². The molecule has 3 amide bonds. The molecule has 1 unspecified atom stereocenters. The Kier molecular flexibility index (Phi) is 6.24. The first-order valence-corrected chi connectivity index (χ1v) is 12.2. The number of rotatable bonds is 5. The maximum absolute atomic E-state index is 13.5. The molecule has 0 spiro atoms. The Balaban J connectivity index is 1.37. The van der Waals surface area contributed by atoms with Crippen molar-refractivity contribution in [3.8, 4) is 0 Å². The van der Waals surface area contributed by atoms with Crippen molar-refractivity contribution in [2.24, 2.45) is 13.0 Å². The molecule has 1 aliphatic carbocycles. The van der Waals surface area contributed by atoms with E-state index in [2.05, 4.69) is 32.6 Å². The van der Waals surface area contributed by atoms with Gasteiger partial charge in [-0.05, 0) is 38.5 Å². The summed E-state index contributed by atoms with van der Waals surface area (Å²) < 4.78 is 1.72. The summed E-state index contributed by atoms with van der Waals surface area (Å²) in [6, 6.07) is 9.18. The van der Waals surface area contributed by atoms with E-state index >= 15 is 0 Å². The quantitative estimate of drug-likeness (QED) is 0.546. The van der Waals surface area contributed by atoms with Crippen molar-refractivity contribution in [3.63, 3.8) is 0 Å². The molecule has 2 aliphatic rings. The number of allylic oxidation sites excluding steroid dienone is 3. The van der Waals surface area contributed by atoms with Crippen LogP contribution in [0.1, 0.15) is 40.5 Å². The predicted molar refractivity (Wildman–Crippen MR) is 141 cm³/mol. The zero-order valence-electron chi connectivity index (χ0n) is 21.6. The van der Waals surface area contributed by atoms with E-state index in [9.17, 15) is 9.59 Å². The van der Waals surface area contributed by atoms with Crippen molar-refractivity contribution >= 4 is 29.5 Å². The lowest BCUT2D eigenvalue weighted by Crippen LogP contribution is -2.46. The van der Waals surface area contributed by atoms with Gasteiger partial charge >= 0.3 is 6.03 Å². The van der Waals surface area contributed by atoms with E-state index in [1.165, 1.54) is 4.90 Å². The highest BCUT2D eigenvalue weighted by molar-refractivity contribution is 5.96. The highest BCUT2D eigenvalue weighted by Gasteiger charge is 2.34. The Morgan fingerprint density at radius 1 is 1.16 bits per heavy atom. The number of urea groups is 1. The second-order valence-electron chi connectivity index (χ2n) is 9.58. The minimum absolute atomic E-state index is 0.105. The predicted octanol–water partition coefficient (Wildman–Crippen LogP) is 4.18. The zero-order chi connectivity index (χ0) is 26.3. The van der Waals surface area contributed by atoms with Crippen molar-refractivity contribution in [2.45, 2.75) is 33.7 Å². The van der Waals surface area contributed by atoms with E-state index in [1.54, 1.807) is 28.9 Å². The van der Waals surface area contributed by atoms with Crippen LogP contribution in [-0.4, -0.2) is 43.6 Å². The topological polar surface area (TPSA) is 108 Å². The molecule has 10 heteroatoms. The third-order valence-electron chi connectivity index (χ3n) is 6.60. The van der Waals surface area contributed by atoms with Crippen molar-refractivity contribution in [1.82, 2.24) is 30.0 Å². The lowest BCUT2D eigenvalue weighted by atomic mass is 9.95. The fourth-order valence-corrected chi connectivity index (χ4v) is 4.62. The Morgan fingerprint density at radius 3 is 2.70 bits per heavy atom. The van der Waals surface area contributed by atoms with Crippen molar-refractivity contribution in [2.75, 3.05) is 17.3 Å². The molecule has 37 heavy (non-hydrogen) atoms. The van der Waals surface area contributed by atoms with Crippen LogP contribution in [0.3, 0.4) is 0 Å². The molecule has 1 aliphatic heterocycles. The van der Waals surface area contributed by atoms with Crippen molar-refractivity contribution < 1.29 is 9.59 Å². The second-order valence-corrected chi connectivity index (χ2v) is 9.58. The molecule has 10 nitrogen and oxygen atoms in total. The molecule has 1 aromatic carbocycles. The van der Waals surface area contributed by atoms with Crippen LogP contribution in [-0.2, 0) is 13.6 Å². The van der Waals surface area contributed by atoms with Crippen molar-refractivity contribution in [1.29, 1.82) is 0 Å². The molecular formula is C27H30N8O2. The number of carbonyl (C=O) groups is 2. The van der Waals surface area contributed by atoms with Crippen LogP contribution in [0.4, 0.5) is 22.4 Å². The minimum Gasteiger partial charge on any atom is -0.322 e. The monoisotopic (exact) mass is 498 g/mol. The molecule has 3 aromatic rings. The van der Waals surface area contributed by atoms with E-state index in [0.717, 1.165) is 28.3 Å². The summed E-state index contributed by atoms with van der Waals surface area (Å²) in [7, 11) is 3.55. The third-order valence-corrected chi connectivity index (χ3v) is 6.60. The number of amides is 3. The van der Waals surface area contributed by atoms with Gasteiger partial charge in [0, 0.05) is 54.8 Å². The van der Waals surface area contributed by atoms with E-state index in [4.69, 9.17) is 0 Å². The number of aryl methyl sites for hydroxylation is 3. The second kappa shape index (κ2) is 9.53. The number of fused-ring (bicyclic) bond motifs is 1. The highest BCUT2D eigenvalue weighted by atomic mass is 16.2. The molecule has 0 bridgehead atoms. The molecular weight excluding hydrogens is 468 g/mol. The largest absolute Gasteiger partial charge is 0.329 e. The van der Waals surface area contributed by atoms with Gasteiger partial charge in [-0.25, -0.2) is 9.78 Å². The van der Waals surface area contributed by atoms with Gasteiger partial charge in [-0.1, -0.05) is 30.7 Å². The van der Waals surface area contributed by atoms with Gasteiger partial charge in [0.05, 0.1) is 12.2 Å². The van der Waals surface area contributed by atoms with E-state index in [1.807, 2.05) is 57.3 Å². The lowest BCUT2D eigenvalue weighted by Gasteiger charge is -2.38. The first-order valence-electron chi connectivity index (χ1n) is 12.2. The molecule has 5 rings (SSSR count). The lowest BCUT2D eigenvalue weighted by molar-refractivity contribution is 0.0966. The highest BCUT2D eigenvalue weighted by Crippen LogP contribution is 2.34. The Morgan fingerprint density at radius 2 is 1.97 bits per heavy atom. The number of carbonyl (C=O) groups excluding carboxylic acids is 2. The smallest absolute Gasteiger partial charge is 0.322 e. The van der Waals surface area contributed by atoms with Crippen LogP contribution in [0.5, 0.6) is 0 Å². The molecule has 190 valence electrons. The number of nitrogens with zero attached hydrogens (tertiary/aromatic N) is 6. The number of hydrogen-bond acceptors (Lipinski definition) is 6. The van der Waals surface area contributed by atoms with Gasteiger partial charge in [-0.15, -0.1) is 0 Å². The van der Waals surface area contributed by atoms with Crippen LogP contribution in [0.25, 0.3) is 0 Å². The fourth-order valence-electron chi connectivity index (χ4n) is 4.62. The molecule has 0 saturated carbocycles. The third kappa shape index (κ3) is 4.82. The summed E-state index contributed by atoms with van der Waals surface area (Å²) in [4.78, 5) is 38.6. The van der Waals surface area contributed by atoms with Gasteiger partial charge in [-0.2, -0.15) is 10.1 Å². The van der Waals surface area contributed by atoms with Gasteiger partial charge in [-0.3, -0.25) is 19.3 Å². The molecule has 0 fully saturated rings. The molecule has 1 atom stereocenters. The van der Waals surface area contributed by atoms with Gasteiger partial charge in [0.1, 0.15) is 11.6 Å². The zero-order valence-corrected chi connectivity index (χ0v) is 21.6. The maximum Gasteiger partial charge on any atom is 0.329 e. The van der Waals surface area contributed by atoms with Crippen molar-refractivity contribution in [3.05, 3.63) is 82.5 Å². The van der Waals surface area contributed by atoms with Gasteiger partial charge in [0.2, 0.25) is 5.95 Å². The average Bonchev–Trinajstić information content (AvgIpc) is 3.19. The summed E-state index contributed by atoms with van der Waals surface area (Å²) in [6.45, 7) is 6.28. The van der Waals surface area contributed by atoms with E-state index < -0.39 is 0 Å². The summed E-state index contributed by atoms with van der Waals surface area (Å²) >= 11 is 0. The molecule has 0 radical (unpaired) electrons. The van der Waals surface area contributed by atoms with Crippen LogP contribution < -0.4 is 15.5 Å². The maximum atomic E-state index is 13.5. The minimum atomic E-state index is -0.183. The number of benzene rings is 1. The van der Waals surface area contributed by atoms with Crippen LogP contribution in [0.15, 0.2) is 60.1 Å². The number of aromatic nitrogens is 4. The standard InChI is InChI=1S/C27H30N8O2/c1-16-7-6-8-19(11-16)25(36)29-21-10-9-17(2)22(13-21)35-15-20-14-28-26(31-24(20)33(4)27(35)37)30-23-12-18(3)32-34(23)5/h6-8,10-14,17H,9,15H2,1-5H3,(H,29,36)(H,28,30,31). The Bertz CT molecular complexity index is 1450. The van der Waals surface area contributed by atoms with E-state index in [-0.39, 0.29) is 17.9 Å². The van der Waals surface area contributed by atoms with Crippen LogP contribution in [0, 0.1) is 19.8 Å². The molecule has 3 heterocycles. The van der Waals surface area contributed by atoms with E-state index in [0.29, 0.717) is 36.0 Å². The average molecular weight is 499 g/mol. The number of nitrogens with one attached hydrogen (secondary N) is 2. The summed E-state index contributed by atoms with van der Waals surface area (Å²) in [5.41, 5.74) is 4.86. The number of anilines is 3. The van der Waals surface area contributed by atoms with Gasteiger partial charge in [0.25, 0.3) is 5.91 Å². The summed E-state index contributed by atoms with van der Waals surface area (Å²) in [5.74, 6) is 1.64. The summed E-state index contributed by atoms with van der Waals surface area (Å²) in [5, 5.41) is 10.5. The molecule has 2 N–H and O–H groups in total. The SMILES string of the molecule is Cc1cccc(C(=O)NC2=CCC(C)C(N3Cc4cnc(Nc5cc(C)nn5C)nc4N(C)C3=O)=C2)c1. The molecule has 2 aromatic heterocycles. The number of hydrogen-bond donors (Lipinski definition) is 2. The fraction of sp³-hybridized carbons (Fsp3) is 0.296. The molecule has 0 saturated heterocycles.